The van der Waals surface area contributed by atoms with Crippen molar-refractivity contribution in [2.75, 3.05) is 0 Å². The van der Waals surface area contributed by atoms with Crippen LogP contribution >= 0.6 is 23.1 Å². The largest absolute Gasteiger partial charge is 0.294 e. The third kappa shape index (κ3) is 3.42. The smallest absolute Gasteiger partial charge is 0.171 e. The summed E-state index contributed by atoms with van der Waals surface area (Å²) in [5.74, 6) is 1.04. The molecule has 1 aromatic rings. The van der Waals surface area contributed by atoms with Gasteiger partial charge in [0.15, 0.2) is 5.78 Å². The molecule has 1 atom stereocenters. The zero-order chi connectivity index (χ0) is 10.6. The number of carbonyl (C=O) groups is 1. The number of hydrogen-bond donors (Lipinski definition) is 0. The Morgan fingerprint density at radius 2 is 2.43 bits per heavy atom. The summed E-state index contributed by atoms with van der Waals surface area (Å²) in [5.41, 5.74) is 0. The van der Waals surface area contributed by atoms with E-state index in [2.05, 4.69) is 18.8 Å². The molecule has 0 aliphatic heterocycles. The first-order valence-electron chi connectivity index (χ1n) is 4.70. The molecule has 0 fully saturated rings. The Morgan fingerprint density at radius 3 is 2.93 bits per heavy atom. The van der Waals surface area contributed by atoms with Gasteiger partial charge in [-0.15, -0.1) is 11.3 Å². The average Bonchev–Trinajstić information content (AvgIpc) is 2.62. The Bertz CT molecular complexity index is 309. The van der Waals surface area contributed by atoms with Crippen molar-refractivity contribution in [3.63, 3.8) is 0 Å². The lowest BCUT2D eigenvalue weighted by Crippen LogP contribution is -1.92. The molecular formula is C10H15NOS2. The first-order valence-corrected chi connectivity index (χ1v) is 6.57. The fourth-order valence-corrected chi connectivity index (χ4v) is 2.66. The normalized spacial score (nSPS) is 12.8. The van der Waals surface area contributed by atoms with Crippen LogP contribution in [0.3, 0.4) is 0 Å². The number of Topliss-reactive ketones (excluding diaryl/α,β-unsaturated/α-hetero) is 1. The molecule has 0 N–H and O–H groups in total. The van der Waals surface area contributed by atoms with Crippen LogP contribution < -0.4 is 0 Å². The van der Waals surface area contributed by atoms with Gasteiger partial charge in [0.1, 0.15) is 5.01 Å². The van der Waals surface area contributed by atoms with Gasteiger partial charge in [0, 0.05) is 24.1 Å². The fraction of sp³-hybridized carbons (Fsp3) is 0.600. The standard InChI is InChI=1S/C10H15NOS2/c1-4-7(2)13-6-10-11-5-9(14-10)8(3)12/h5,7H,4,6H2,1-3H3. The second-order valence-electron chi connectivity index (χ2n) is 3.20. The molecule has 78 valence electrons. The first kappa shape index (κ1) is 11.7. The third-order valence-corrected chi connectivity index (χ3v) is 4.59. The molecule has 0 aromatic carbocycles. The molecule has 1 rings (SSSR count). The molecule has 4 heteroatoms. The molecule has 0 amide bonds. The van der Waals surface area contributed by atoms with E-state index in [1.807, 2.05) is 11.8 Å². The summed E-state index contributed by atoms with van der Waals surface area (Å²) >= 11 is 3.40. The topological polar surface area (TPSA) is 30.0 Å². The number of hydrogen-bond acceptors (Lipinski definition) is 4. The van der Waals surface area contributed by atoms with Crippen molar-refractivity contribution in [3.05, 3.63) is 16.1 Å². The Balaban J connectivity index is 2.48. The van der Waals surface area contributed by atoms with E-state index in [4.69, 9.17) is 0 Å². The summed E-state index contributed by atoms with van der Waals surface area (Å²) in [7, 11) is 0. The summed E-state index contributed by atoms with van der Waals surface area (Å²) in [6.45, 7) is 5.98. The van der Waals surface area contributed by atoms with Crippen LogP contribution in [0, 0.1) is 0 Å². The maximum absolute atomic E-state index is 11.0. The second kappa shape index (κ2) is 5.51. The van der Waals surface area contributed by atoms with Crippen molar-refractivity contribution in [1.29, 1.82) is 0 Å². The van der Waals surface area contributed by atoms with E-state index in [-0.39, 0.29) is 5.78 Å². The second-order valence-corrected chi connectivity index (χ2v) is 5.75. The monoisotopic (exact) mass is 229 g/mol. The third-order valence-electron chi connectivity index (χ3n) is 1.97. The van der Waals surface area contributed by atoms with Crippen molar-refractivity contribution in [3.8, 4) is 0 Å². The van der Waals surface area contributed by atoms with E-state index in [1.165, 1.54) is 17.8 Å². The lowest BCUT2D eigenvalue weighted by Gasteiger charge is -2.04. The van der Waals surface area contributed by atoms with Crippen molar-refractivity contribution >= 4 is 28.9 Å². The Kier molecular flexibility index (Phi) is 4.62. The molecule has 0 spiro atoms. The predicted molar refractivity (Wildman–Crippen MR) is 63.2 cm³/mol. The van der Waals surface area contributed by atoms with Crippen LogP contribution in [-0.4, -0.2) is 16.0 Å². The zero-order valence-electron chi connectivity index (χ0n) is 8.74. The van der Waals surface area contributed by atoms with Crippen LogP contribution in [0.4, 0.5) is 0 Å². The van der Waals surface area contributed by atoms with Crippen molar-refractivity contribution in [2.24, 2.45) is 0 Å². The van der Waals surface area contributed by atoms with E-state index in [1.54, 1.807) is 13.1 Å². The van der Waals surface area contributed by atoms with Gasteiger partial charge >= 0.3 is 0 Å². The highest BCUT2D eigenvalue weighted by molar-refractivity contribution is 7.99. The molecule has 0 aliphatic rings. The predicted octanol–water partition coefficient (Wildman–Crippen LogP) is 3.38. The van der Waals surface area contributed by atoms with Gasteiger partial charge in [-0.25, -0.2) is 4.98 Å². The maximum atomic E-state index is 11.0. The van der Waals surface area contributed by atoms with Gasteiger partial charge in [0.25, 0.3) is 0 Å². The highest BCUT2D eigenvalue weighted by Crippen LogP contribution is 2.23. The van der Waals surface area contributed by atoms with Crippen LogP contribution in [0.5, 0.6) is 0 Å². The van der Waals surface area contributed by atoms with Crippen LogP contribution in [0.15, 0.2) is 6.20 Å². The average molecular weight is 229 g/mol. The molecular weight excluding hydrogens is 214 g/mol. The number of rotatable bonds is 5. The molecule has 1 aromatic heterocycles. The zero-order valence-corrected chi connectivity index (χ0v) is 10.4. The van der Waals surface area contributed by atoms with Gasteiger partial charge in [0.2, 0.25) is 0 Å². The van der Waals surface area contributed by atoms with Gasteiger partial charge in [0.05, 0.1) is 4.88 Å². The lowest BCUT2D eigenvalue weighted by atomic mass is 10.4. The number of aromatic nitrogens is 1. The minimum atomic E-state index is 0.113. The van der Waals surface area contributed by atoms with Crippen LogP contribution in [0.25, 0.3) is 0 Å². The van der Waals surface area contributed by atoms with Crippen LogP contribution in [0.2, 0.25) is 0 Å². The number of thiazole rings is 1. The van der Waals surface area contributed by atoms with Crippen molar-refractivity contribution < 1.29 is 4.79 Å². The Morgan fingerprint density at radius 1 is 1.71 bits per heavy atom. The highest BCUT2D eigenvalue weighted by Gasteiger charge is 2.07. The number of thioether (sulfide) groups is 1. The van der Waals surface area contributed by atoms with E-state index < -0.39 is 0 Å². The summed E-state index contributed by atoms with van der Waals surface area (Å²) in [6, 6.07) is 0. The quantitative estimate of drug-likeness (QED) is 0.725. The van der Waals surface area contributed by atoms with E-state index in [9.17, 15) is 4.79 Å². The van der Waals surface area contributed by atoms with Gasteiger partial charge in [-0.2, -0.15) is 11.8 Å². The van der Waals surface area contributed by atoms with E-state index in [0.29, 0.717) is 5.25 Å². The minimum absolute atomic E-state index is 0.113. The maximum Gasteiger partial charge on any atom is 0.171 e. The molecule has 1 unspecified atom stereocenters. The molecule has 0 saturated heterocycles. The van der Waals surface area contributed by atoms with Gasteiger partial charge in [-0.3, -0.25) is 4.79 Å². The molecule has 0 radical (unpaired) electrons. The van der Waals surface area contributed by atoms with Gasteiger partial charge in [-0.05, 0) is 6.42 Å². The fourth-order valence-electron chi connectivity index (χ4n) is 0.871. The van der Waals surface area contributed by atoms with E-state index in [0.717, 1.165) is 15.6 Å². The number of nitrogens with zero attached hydrogens (tertiary/aromatic N) is 1. The van der Waals surface area contributed by atoms with Crippen LogP contribution in [0.1, 0.15) is 41.9 Å². The lowest BCUT2D eigenvalue weighted by molar-refractivity contribution is 0.102. The number of carbonyl (C=O) groups excluding carboxylic acids is 1. The minimum Gasteiger partial charge on any atom is -0.294 e. The van der Waals surface area contributed by atoms with E-state index >= 15 is 0 Å². The molecule has 2 nitrogen and oxygen atoms in total. The molecule has 0 saturated carbocycles. The number of ketones is 1. The van der Waals surface area contributed by atoms with Crippen LogP contribution in [-0.2, 0) is 5.75 Å². The summed E-state index contributed by atoms with van der Waals surface area (Å²) in [4.78, 5) is 16.0. The van der Waals surface area contributed by atoms with Crippen molar-refractivity contribution in [1.82, 2.24) is 4.98 Å². The first-order chi connectivity index (χ1) is 6.63. The Labute approximate surface area is 93.1 Å². The SMILES string of the molecule is CCC(C)SCc1ncc(C(C)=O)s1. The molecule has 1 heterocycles. The Hall–Kier alpha value is -0.350. The molecule has 14 heavy (non-hydrogen) atoms. The molecule has 0 aliphatic carbocycles. The highest BCUT2D eigenvalue weighted by atomic mass is 32.2. The van der Waals surface area contributed by atoms with Crippen molar-refractivity contribution in [2.45, 2.75) is 38.2 Å². The summed E-state index contributed by atoms with van der Waals surface area (Å²) in [6.07, 6.45) is 2.86. The summed E-state index contributed by atoms with van der Waals surface area (Å²) < 4.78 is 0. The van der Waals surface area contributed by atoms with Gasteiger partial charge in [-0.1, -0.05) is 13.8 Å². The summed E-state index contributed by atoms with van der Waals surface area (Å²) in [5, 5.41) is 1.72. The molecule has 0 bridgehead atoms. The van der Waals surface area contributed by atoms with Gasteiger partial charge < -0.3 is 0 Å².